The molecule has 1 spiro atoms. The first-order valence-electron chi connectivity index (χ1n) is 12.6. The third-order valence-electron chi connectivity index (χ3n) is 7.85. The predicted octanol–water partition coefficient (Wildman–Crippen LogP) is 8.47. The summed E-state index contributed by atoms with van der Waals surface area (Å²) in [6.45, 7) is 0. The van der Waals surface area contributed by atoms with Gasteiger partial charge in [0.2, 0.25) is 0 Å². The molecular formula is C33H18Br2N4. The molecule has 0 atom stereocenters. The summed E-state index contributed by atoms with van der Waals surface area (Å²) in [7, 11) is 0. The molecule has 8 rings (SSSR count). The van der Waals surface area contributed by atoms with Gasteiger partial charge in [-0.2, -0.15) is 0 Å². The van der Waals surface area contributed by atoms with Crippen molar-refractivity contribution in [2.45, 2.75) is 5.41 Å². The van der Waals surface area contributed by atoms with Crippen molar-refractivity contribution in [1.82, 2.24) is 19.9 Å². The average Bonchev–Trinajstić information content (AvgIpc) is 3.44. The third-order valence-corrected chi connectivity index (χ3v) is 8.67. The zero-order chi connectivity index (χ0) is 26.1. The number of nitrogens with zero attached hydrogens (tertiary/aromatic N) is 4. The second-order valence-electron chi connectivity index (χ2n) is 9.81. The summed E-state index contributed by atoms with van der Waals surface area (Å²) >= 11 is 6.93. The minimum atomic E-state index is -0.478. The molecule has 2 aromatic heterocycles. The molecule has 0 amide bonds. The summed E-state index contributed by atoms with van der Waals surface area (Å²) in [5.41, 5.74) is 11.5. The Balaban J connectivity index is 1.47. The highest BCUT2D eigenvalue weighted by Gasteiger charge is 2.51. The van der Waals surface area contributed by atoms with Crippen LogP contribution in [0.3, 0.4) is 0 Å². The van der Waals surface area contributed by atoms with E-state index in [9.17, 15) is 0 Å². The van der Waals surface area contributed by atoms with Gasteiger partial charge in [-0.1, -0.05) is 72.8 Å². The van der Waals surface area contributed by atoms with Crippen LogP contribution < -0.4 is 0 Å². The van der Waals surface area contributed by atoms with Crippen LogP contribution in [0.4, 0.5) is 0 Å². The van der Waals surface area contributed by atoms with Crippen molar-refractivity contribution in [1.29, 1.82) is 0 Å². The number of benzene rings is 4. The summed E-state index contributed by atoms with van der Waals surface area (Å²) < 4.78 is 1.72. The minimum absolute atomic E-state index is 0.478. The van der Waals surface area contributed by atoms with Crippen molar-refractivity contribution in [2.75, 3.05) is 0 Å². The van der Waals surface area contributed by atoms with Gasteiger partial charge in [-0.25, -0.2) is 19.9 Å². The molecule has 0 saturated heterocycles. The summed E-state index contributed by atoms with van der Waals surface area (Å²) in [5, 5.41) is 0. The van der Waals surface area contributed by atoms with E-state index in [1.54, 1.807) is 24.8 Å². The SMILES string of the molecule is Brc1cnc(-c2ccc3c(c2)C2(c4ccccc4-c4ccccc42)c2cc(-c4ncc(Br)cn4)ccc2-3)nc1. The number of fused-ring (bicyclic) bond motifs is 10. The maximum atomic E-state index is 4.61. The van der Waals surface area contributed by atoms with Crippen LogP contribution in [0.25, 0.3) is 45.0 Å². The van der Waals surface area contributed by atoms with Crippen LogP contribution in [0, 0.1) is 0 Å². The number of rotatable bonds is 2. The molecule has 0 unspecified atom stereocenters. The van der Waals surface area contributed by atoms with Crippen molar-refractivity contribution in [2.24, 2.45) is 0 Å². The number of aromatic nitrogens is 4. The lowest BCUT2D eigenvalue weighted by atomic mass is 9.70. The van der Waals surface area contributed by atoms with E-state index in [0.717, 1.165) is 20.1 Å². The Kier molecular flexibility index (Phi) is 5.00. The lowest BCUT2D eigenvalue weighted by molar-refractivity contribution is 0.794. The normalized spacial score (nSPS) is 13.6. The average molecular weight is 630 g/mol. The van der Waals surface area contributed by atoms with Crippen molar-refractivity contribution in [3.8, 4) is 45.0 Å². The molecule has 184 valence electrons. The molecule has 39 heavy (non-hydrogen) atoms. The van der Waals surface area contributed by atoms with Crippen LogP contribution in [0.2, 0.25) is 0 Å². The Morgan fingerprint density at radius 1 is 0.436 bits per heavy atom. The molecule has 2 aliphatic carbocycles. The topological polar surface area (TPSA) is 51.6 Å². The van der Waals surface area contributed by atoms with E-state index in [1.165, 1.54) is 44.5 Å². The van der Waals surface area contributed by atoms with Gasteiger partial charge < -0.3 is 0 Å². The summed E-state index contributed by atoms with van der Waals surface area (Å²) in [6, 6.07) is 30.9. The van der Waals surface area contributed by atoms with E-state index in [1.807, 2.05) is 0 Å². The van der Waals surface area contributed by atoms with E-state index in [-0.39, 0.29) is 0 Å². The molecule has 2 aliphatic rings. The molecule has 0 aliphatic heterocycles. The first-order valence-corrected chi connectivity index (χ1v) is 14.2. The highest BCUT2D eigenvalue weighted by atomic mass is 79.9. The van der Waals surface area contributed by atoms with Gasteiger partial charge in [0.15, 0.2) is 11.6 Å². The number of hydrogen-bond donors (Lipinski definition) is 0. The van der Waals surface area contributed by atoms with E-state index in [2.05, 4.69) is 137 Å². The molecule has 4 aromatic carbocycles. The fourth-order valence-electron chi connectivity index (χ4n) is 6.34. The minimum Gasteiger partial charge on any atom is -0.235 e. The highest BCUT2D eigenvalue weighted by molar-refractivity contribution is 9.10. The molecule has 0 N–H and O–H groups in total. The third kappa shape index (κ3) is 3.22. The Labute approximate surface area is 242 Å². The molecule has 0 radical (unpaired) electrons. The van der Waals surface area contributed by atoms with Crippen molar-refractivity contribution < 1.29 is 0 Å². The van der Waals surface area contributed by atoms with E-state index in [0.29, 0.717) is 11.6 Å². The van der Waals surface area contributed by atoms with E-state index in [4.69, 9.17) is 0 Å². The van der Waals surface area contributed by atoms with E-state index >= 15 is 0 Å². The van der Waals surface area contributed by atoms with Crippen LogP contribution >= 0.6 is 31.9 Å². The molecule has 6 heteroatoms. The molecule has 0 fully saturated rings. The van der Waals surface area contributed by atoms with Crippen LogP contribution in [0.15, 0.2) is 119 Å². The van der Waals surface area contributed by atoms with Gasteiger partial charge in [0.1, 0.15) is 0 Å². The second-order valence-corrected chi connectivity index (χ2v) is 11.6. The maximum absolute atomic E-state index is 4.61. The Morgan fingerprint density at radius 3 is 1.26 bits per heavy atom. The zero-order valence-electron chi connectivity index (χ0n) is 20.4. The summed E-state index contributed by atoms with van der Waals surface area (Å²) in [6.07, 6.45) is 7.19. The van der Waals surface area contributed by atoms with Gasteiger partial charge >= 0.3 is 0 Å². The largest absolute Gasteiger partial charge is 0.235 e. The second kappa shape index (κ2) is 8.50. The first kappa shape index (κ1) is 22.9. The lowest BCUT2D eigenvalue weighted by Crippen LogP contribution is -2.26. The van der Waals surface area contributed by atoms with E-state index < -0.39 is 5.41 Å². The predicted molar refractivity (Wildman–Crippen MR) is 160 cm³/mol. The zero-order valence-corrected chi connectivity index (χ0v) is 23.6. The molecule has 6 aromatic rings. The number of hydrogen-bond acceptors (Lipinski definition) is 4. The van der Waals surface area contributed by atoms with Gasteiger partial charge in [0, 0.05) is 35.9 Å². The highest BCUT2D eigenvalue weighted by Crippen LogP contribution is 2.63. The smallest absolute Gasteiger partial charge is 0.159 e. The first-order chi connectivity index (χ1) is 19.1. The quantitative estimate of drug-likeness (QED) is 0.192. The molecule has 0 saturated carbocycles. The van der Waals surface area contributed by atoms with Gasteiger partial charge in [-0.3, -0.25) is 0 Å². The van der Waals surface area contributed by atoms with Gasteiger partial charge in [-0.05, 0) is 88.5 Å². The summed E-state index contributed by atoms with van der Waals surface area (Å²) in [4.78, 5) is 18.4. The number of halogens is 2. The fraction of sp³-hybridized carbons (Fsp3) is 0.0303. The van der Waals surface area contributed by atoms with Crippen LogP contribution in [-0.4, -0.2) is 19.9 Å². The van der Waals surface area contributed by atoms with Crippen molar-refractivity contribution >= 4 is 31.9 Å². The monoisotopic (exact) mass is 628 g/mol. The van der Waals surface area contributed by atoms with Crippen LogP contribution in [-0.2, 0) is 5.41 Å². The molecule has 4 nitrogen and oxygen atoms in total. The van der Waals surface area contributed by atoms with Gasteiger partial charge in [-0.15, -0.1) is 0 Å². The van der Waals surface area contributed by atoms with Gasteiger partial charge in [0.25, 0.3) is 0 Å². The van der Waals surface area contributed by atoms with Crippen LogP contribution in [0.5, 0.6) is 0 Å². The fourth-order valence-corrected chi connectivity index (χ4v) is 6.75. The molecule has 0 bridgehead atoms. The van der Waals surface area contributed by atoms with Gasteiger partial charge in [0.05, 0.1) is 14.4 Å². The van der Waals surface area contributed by atoms with Crippen molar-refractivity contribution in [3.05, 3.63) is 141 Å². The van der Waals surface area contributed by atoms with Crippen molar-refractivity contribution in [3.63, 3.8) is 0 Å². The lowest BCUT2D eigenvalue weighted by Gasteiger charge is -2.31. The summed E-state index contributed by atoms with van der Waals surface area (Å²) in [5.74, 6) is 1.41. The standard InChI is InChI=1S/C33H18Br2N4/c34-21-15-36-31(37-16-21)19-9-11-25-26-12-10-20(32-38-17-22(35)18-39-32)14-30(26)33(29(25)13-19)27-7-3-1-5-23(27)24-6-2-4-8-28(24)33/h1-18H. The Morgan fingerprint density at radius 2 is 0.821 bits per heavy atom. The Bertz CT molecular complexity index is 1790. The molecule has 2 heterocycles. The van der Waals surface area contributed by atoms with Crippen LogP contribution in [0.1, 0.15) is 22.3 Å². The maximum Gasteiger partial charge on any atom is 0.159 e. The Hall–Kier alpha value is -4.00. The molecular weight excluding hydrogens is 612 g/mol.